The van der Waals surface area contributed by atoms with Crippen molar-refractivity contribution in [3.05, 3.63) is 100.0 Å². The predicted octanol–water partition coefficient (Wildman–Crippen LogP) is 3.07. The van der Waals surface area contributed by atoms with Crippen LogP contribution in [0.3, 0.4) is 0 Å². The molecule has 0 amide bonds. The summed E-state index contributed by atoms with van der Waals surface area (Å²) in [7, 11) is -3.80. The first kappa shape index (κ1) is 22.3. The minimum Gasteiger partial charge on any atom is -0.480 e. The van der Waals surface area contributed by atoms with Crippen molar-refractivity contribution in [2.75, 3.05) is 10.5 Å². The highest BCUT2D eigenvalue weighted by Gasteiger charge is 2.22. The van der Waals surface area contributed by atoms with Gasteiger partial charge in [-0.15, -0.1) is 0 Å². The summed E-state index contributed by atoms with van der Waals surface area (Å²) in [5.41, 5.74) is 1.40. The maximum atomic E-state index is 13.1. The number of hydrogen-bond acceptors (Lipinski definition) is 4. The molecule has 0 fully saturated rings. The van der Waals surface area contributed by atoms with E-state index in [0.29, 0.717) is 18.5 Å². The second-order valence-electron chi connectivity index (χ2n) is 7.25. The van der Waals surface area contributed by atoms with Crippen LogP contribution in [-0.4, -0.2) is 29.8 Å². The highest BCUT2D eigenvalue weighted by molar-refractivity contribution is 7.92. The number of carboxylic acids is 1. The van der Waals surface area contributed by atoms with Crippen LogP contribution in [0.25, 0.3) is 0 Å². The Morgan fingerprint density at radius 3 is 2.13 bits per heavy atom. The van der Waals surface area contributed by atoms with Gasteiger partial charge in [0.05, 0.1) is 5.75 Å². The standard InChI is InChI=1S/C23H24N2O5S/c1-17(23(27)28)25-20(16-19-10-6-3-7-11-19)12-13-21(22(25)26)24-31(29,30)15-14-18-8-4-2-5-9-18/h2-13,17,24H,14-16H2,1H3,(H,27,28). The first-order valence-corrected chi connectivity index (χ1v) is 11.5. The van der Waals surface area contributed by atoms with Crippen LogP contribution in [-0.2, 0) is 27.7 Å². The van der Waals surface area contributed by atoms with Gasteiger partial charge in [-0.05, 0) is 36.6 Å². The van der Waals surface area contributed by atoms with E-state index in [2.05, 4.69) is 4.72 Å². The molecule has 0 aliphatic heterocycles. The fraction of sp³-hybridized carbons (Fsp3) is 0.217. The van der Waals surface area contributed by atoms with Crippen LogP contribution >= 0.6 is 0 Å². The third-order valence-corrected chi connectivity index (χ3v) is 6.21. The molecule has 0 saturated heterocycles. The predicted molar refractivity (Wildman–Crippen MR) is 120 cm³/mol. The molecule has 0 aliphatic carbocycles. The van der Waals surface area contributed by atoms with Crippen molar-refractivity contribution in [2.45, 2.75) is 25.8 Å². The Hall–Kier alpha value is -3.39. The summed E-state index contributed by atoms with van der Waals surface area (Å²) < 4.78 is 28.5. The second kappa shape index (κ2) is 9.61. The van der Waals surface area contributed by atoms with Crippen molar-refractivity contribution in [3.8, 4) is 0 Å². The molecule has 0 bridgehead atoms. The van der Waals surface area contributed by atoms with E-state index in [1.807, 2.05) is 60.7 Å². The fourth-order valence-electron chi connectivity index (χ4n) is 3.27. The minimum absolute atomic E-state index is 0.169. The number of aryl methyl sites for hydroxylation is 1. The van der Waals surface area contributed by atoms with E-state index in [-0.39, 0.29) is 11.4 Å². The lowest BCUT2D eigenvalue weighted by Gasteiger charge is -2.19. The number of aromatic nitrogens is 1. The molecular formula is C23H24N2O5S. The molecule has 1 heterocycles. The summed E-state index contributed by atoms with van der Waals surface area (Å²) in [6, 6.07) is 20.3. The second-order valence-corrected chi connectivity index (χ2v) is 9.09. The molecular weight excluding hydrogens is 416 g/mol. The Labute approximate surface area is 181 Å². The monoisotopic (exact) mass is 440 g/mol. The molecule has 1 unspecified atom stereocenters. The van der Waals surface area contributed by atoms with E-state index in [1.54, 1.807) is 6.07 Å². The van der Waals surface area contributed by atoms with E-state index in [4.69, 9.17) is 0 Å². The lowest BCUT2D eigenvalue weighted by molar-refractivity contribution is -0.140. The van der Waals surface area contributed by atoms with Crippen LogP contribution in [0.4, 0.5) is 5.69 Å². The Morgan fingerprint density at radius 1 is 0.968 bits per heavy atom. The first-order valence-electron chi connectivity index (χ1n) is 9.82. The van der Waals surface area contributed by atoms with Crippen LogP contribution < -0.4 is 10.3 Å². The van der Waals surface area contributed by atoms with E-state index in [1.165, 1.54) is 13.0 Å². The van der Waals surface area contributed by atoms with E-state index in [9.17, 15) is 23.1 Å². The van der Waals surface area contributed by atoms with Gasteiger partial charge in [-0.2, -0.15) is 0 Å². The molecule has 2 N–H and O–H groups in total. The Bertz CT molecular complexity index is 1210. The minimum atomic E-state index is -3.80. The first-order chi connectivity index (χ1) is 14.8. The van der Waals surface area contributed by atoms with Gasteiger partial charge >= 0.3 is 5.97 Å². The van der Waals surface area contributed by atoms with Gasteiger partial charge < -0.3 is 5.11 Å². The lowest BCUT2D eigenvalue weighted by Crippen LogP contribution is -2.33. The summed E-state index contributed by atoms with van der Waals surface area (Å²) in [5.74, 6) is -1.38. The Morgan fingerprint density at radius 2 is 1.55 bits per heavy atom. The van der Waals surface area contributed by atoms with Crippen LogP contribution in [0.5, 0.6) is 0 Å². The van der Waals surface area contributed by atoms with Crippen molar-refractivity contribution in [1.29, 1.82) is 0 Å². The zero-order valence-corrected chi connectivity index (χ0v) is 17.9. The van der Waals surface area contributed by atoms with E-state index < -0.39 is 27.6 Å². The molecule has 1 aromatic heterocycles. The number of benzene rings is 2. The smallest absolute Gasteiger partial charge is 0.326 e. The highest BCUT2D eigenvalue weighted by atomic mass is 32.2. The van der Waals surface area contributed by atoms with Crippen LogP contribution in [0, 0.1) is 0 Å². The highest BCUT2D eigenvalue weighted by Crippen LogP contribution is 2.16. The molecule has 162 valence electrons. The maximum Gasteiger partial charge on any atom is 0.326 e. The number of aliphatic carboxylic acids is 1. The zero-order chi connectivity index (χ0) is 22.4. The van der Waals surface area contributed by atoms with Gasteiger partial charge in [0.1, 0.15) is 11.7 Å². The maximum absolute atomic E-state index is 13.1. The average Bonchev–Trinajstić information content (AvgIpc) is 2.75. The van der Waals surface area contributed by atoms with Crippen molar-refractivity contribution < 1.29 is 18.3 Å². The molecule has 0 aliphatic rings. The molecule has 2 aromatic carbocycles. The molecule has 7 nitrogen and oxygen atoms in total. The summed E-state index contributed by atoms with van der Waals surface area (Å²) in [6.07, 6.45) is 0.636. The molecule has 0 saturated carbocycles. The third-order valence-electron chi connectivity index (χ3n) is 4.94. The molecule has 8 heteroatoms. The molecule has 3 rings (SSSR count). The van der Waals surface area contributed by atoms with Crippen LogP contribution in [0.15, 0.2) is 77.6 Å². The van der Waals surface area contributed by atoms with E-state index >= 15 is 0 Å². The van der Waals surface area contributed by atoms with Gasteiger partial charge in [0.25, 0.3) is 5.56 Å². The normalized spacial score (nSPS) is 12.3. The largest absolute Gasteiger partial charge is 0.480 e. The number of carboxylic acid groups (broad SMARTS) is 1. The molecule has 1 atom stereocenters. The number of rotatable bonds is 9. The lowest BCUT2D eigenvalue weighted by atomic mass is 10.1. The van der Waals surface area contributed by atoms with Gasteiger partial charge in [0, 0.05) is 12.1 Å². The summed E-state index contributed by atoms with van der Waals surface area (Å²) >= 11 is 0. The summed E-state index contributed by atoms with van der Waals surface area (Å²) in [6.45, 7) is 1.39. The van der Waals surface area contributed by atoms with Gasteiger partial charge in [-0.1, -0.05) is 60.7 Å². The summed E-state index contributed by atoms with van der Waals surface area (Å²) in [5, 5.41) is 9.49. The van der Waals surface area contributed by atoms with Gasteiger partial charge in [-0.25, -0.2) is 13.2 Å². The molecule has 0 spiro atoms. The van der Waals surface area contributed by atoms with Crippen LogP contribution in [0.1, 0.15) is 29.8 Å². The fourth-order valence-corrected chi connectivity index (χ4v) is 4.37. The van der Waals surface area contributed by atoms with Gasteiger partial charge in [-0.3, -0.25) is 14.1 Å². The molecule has 31 heavy (non-hydrogen) atoms. The number of pyridine rings is 1. The summed E-state index contributed by atoms with van der Waals surface area (Å²) in [4.78, 5) is 24.7. The van der Waals surface area contributed by atoms with Crippen LogP contribution in [0.2, 0.25) is 0 Å². The van der Waals surface area contributed by atoms with Crippen molar-refractivity contribution >= 4 is 21.7 Å². The number of sulfonamides is 1. The number of carbonyl (C=O) groups is 1. The van der Waals surface area contributed by atoms with Gasteiger partial charge in [0.15, 0.2) is 0 Å². The average molecular weight is 441 g/mol. The zero-order valence-electron chi connectivity index (χ0n) is 17.1. The van der Waals surface area contributed by atoms with Crippen molar-refractivity contribution in [2.24, 2.45) is 0 Å². The third kappa shape index (κ3) is 5.82. The van der Waals surface area contributed by atoms with Crippen molar-refractivity contribution in [3.63, 3.8) is 0 Å². The number of hydrogen-bond donors (Lipinski definition) is 2. The Balaban J connectivity index is 1.89. The number of anilines is 1. The van der Waals surface area contributed by atoms with E-state index in [0.717, 1.165) is 15.7 Å². The van der Waals surface area contributed by atoms with Crippen molar-refractivity contribution in [1.82, 2.24) is 4.57 Å². The van der Waals surface area contributed by atoms with Gasteiger partial charge in [0.2, 0.25) is 10.0 Å². The quantitative estimate of drug-likeness (QED) is 0.532. The number of nitrogens with zero attached hydrogens (tertiary/aromatic N) is 1. The molecule has 3 aromatic rings. The SMILES string of the molecule is CC(C(=O)O)n1c(Cc2ccccc2)ccc(NS(=O)(=O)CCc2ccccc2)c1=O. The Kier molecular flexibility index (Phi) is 6.91. The molecule has 0 radical (unpaired) electrons. The topological polar surface area (TPSA) is 105 Å². The number of nitrogens with one attached hydrogen (secondary N) is 1.